The van der Waals surface area contributed by atoms with Gasteiger partial charge in [0.2, 0.25) is 0 Å². The third kappa shape index (κ3) is 4.74. The number of nitriles is 1. The maximum absolute atomic E-state index is 13.7. The van der Waals surface area contributed by atoms with Crippen molar-refractivity contribution in [1.82, 2.24) is 0 Å². The third-order valence-electron chi connectivity index (χ3n) is 3.55. The van der Waals surface area contributed by atoms with Crippen molar-refractivity contribution in [3.05, 3.63) is 45.6 Å². The van der Waals surface area contributed by atoms with E-state index in [0.29, 0.717) is 5.56 Å². The topological polar surface area (TPSA) is 112 Å². The van der Waals surface area contributed by atoms with Crippen LogP contribution >= 0.6 is 11.3 Å². The molecular weight excluding hydrogens is 375 g/mol. The number of nitrogen functional groups attached to an aromatic ring is 1. The summed E-state index contributed by atoms with van der Waals surface area (Å²) < 4.78 is 28.6. The highest BCUT2D eigenvalue weighted by Crippen LogP contribution is 2.32. The molecule has 0 aliphatic carbocycles. The van der Waals surface area contributed by atoms with E-state index in [-0.39, 0.29) is 46.4 Å². The summed E-state index contributed by atoms with van der Waals surface area (Å²) in [4.78, 5) is 24.2. The van der Waals surface area contributed by atoms with Gasteiger partial charge in [0.05, 0.1) is 25.7 Å². The molecule has 0 fully saturated rings. The number of carbonyl (C=O) groups excluding carboxylic acids is 2. The molecule has 0 bridgehead atoms. The van der Waals surface area contributed by atoms with E-state index in [2.05, 4.69) is 0 Å². The molecule has 0 amide bonds. The molecule has 1 aromatic carbocycles. The molecule has 2 aromatic rings. The zero-order valence-corrected chi connectivity index (χ0v) is 15.5. The van der Waals surface area contributed by atoms with Crippen LogP contribution in [0.3, 0.4) is 0 Å². The van der Waals surface area contributed by atoms with E-state index in [0.717, 1.165) is 11.3 Å². The first-order chi connectivity index (χ1) is 12.9. The normalized spacial score (nSPS) is 10.1. The van der Waals surface area contributed by atoms with Crippen molar-refractivity contribution in [2.24, 2.45) is 0 Å². The van der Waals surface area contributed by atoms with Crippen molar-refractivity contribution < 1.29 is 28.2 Å². The maximum Gasteiger partial charge on any atom is 0.348 e. The summed E-state index contributed by atoms with van der Waals surface area (Å²) >= 11 is 0.901. The second-order valence-corrected chi connectivity index (χ2v) is 6.34. The lowest BCUT2D eigenvalue weighted by atomic mass is 10.1. The van der Waals surface area contributed by atoms with Crippen LogP contribution in [0, 0.1) is 17.1 Å². The highest BCUT2D eigenvalue weighted by Gasteiger charge is 2.24. The molecule has 0 unspecified atom stereocenters. The minimum absolute atomic E-state index is 0.0682. The molecule has 142 valence electrons. The molecule has 0 aliphatic heterocycles. The summed E-state index contributed by atoms with van der Waals surface area (Å²) in [6.07, 6.45) is -0.183. The number of carbonyl (C=O) groups is 2. The Hall–Kier alpha value is -3.12. The maximum atomic E-state index is 13.7. The zero-order chi connectivity index (χ0) is 20.0. The average molecular weight is 392 g/mol. The van der Waals surface area contributed by atoms with Crippen LogP contribution in [-0.4, -0.2) is 25.7 Å². The molecule has 1 aromatic heterocycles. The fourth-order valence-corrected chi connectivity index (χ4v) is 3.21. The van der Waals surface area contributed by atoms with E-state index >= 15 is 0 Å². The van der Waals surface area contributed by atoms with Gasteiger partial charge in [0.15, 0.2) is 11.6 Å². The second-order valence-electron chi connectivity index (χ2n) is 5.29. The Bertz CT molecular complexity index is 904. The summed E-state index contributed by atoms with van der Waals surface area (Å²) in [5.74, 6) is -1.81. The average Bonchev–Trinajstić information content (AvgIpc) is 2.96. The predicted molar refractivity (Wildman–Crippen MR) is 95.9 cm³/mol. The first kappa shape index (κ1) is 20.2. The van der Waals surface area contributed by atoms with E-state index in [1.54, 1.807) is 6.92 Å². The summed E-state index contributed by atoms with van der Waals surface area (Å²) in [7, 11) is 1.34. The van der Waals surface area contributed by atoms with Gasteiger partial charge in [-0.2, -0.15) is 5.26 Å². The van der Waals surface area contributed by atoms with Crippen LogP contribution in [0.2, 0.25) is 0 Å². The molecule has 2 rings (SSSR count). The Morgan fingerprint density at radius 1 is 1.33 bits per heavy atom. The van der Waals surface area contributed by atoms with Crippen LogP contribution in [0.1, 0.15) is 33.3 Å². The number of hydrogen-bond acceptors (Lipinski definition) is 8. The first-order valence-corrected chi connectivity index (χ1v) is 8.69. The van der Waals surface area contributed by atoms with Crippen LogP contribution in [0.25, 0.3) is 0 Å². The molecule has 7 nitrogen and oxygen atoms in total. The van der Waals surface area contributed by atoms with Gasteiger partial charge >= 0.3 is 11.9 Å². The van der Waals surface area contributed by atoms with Crippen molar-refractivity contribution in [2.45, 2.75) is 20.0 Å². The van der Waals surface area contributed by atoms with E-state index in [1.807, 2.05) is 6.07 Å². The van der Waals surface area contributed by atoms with Crippen LogP contribution < -0.4 is 10.5 Å². The SMILES string of the molecule is CCOC(=O)c1sc(N)c(C#N)c1COC(=O)Cc1ccc(OC)c(F)c1. The van der Waals surface area contributed by atoms with Gasteiger partial charge in [-0.25, -0.2) is 9.18 Å². The summed E-state index contributed by atoms with van der Waals surface area (Å²) in [5, 5.41) is 9.38. The van der Waals surface area contributed by atoms with Gasteiger partial charge in [-0.15, -0.1) is 11.3 Å². The minimum atomic E-state index is -0.650. The standard InChI is InChI=1S/C18H17FN2O5S/c1-3-25-18(23)16-12(11(8-20)17(21)27-16)9-26-15(22)7-10-4-5-14(24-2)13(19)6-10/h4-6H,3,7,9,21H2,1-2H3. The van der Waals surface area contributed by atoms with E-state index in [9.17, 15) is 19.2 Å². The lowest BCUT2D eigenvalue weighted by Crippen LogP contribution is -2.11. The van der Waals surface area contributed by atoms with Gasteiger partial charge in [-0.05, 0) is 24.6 Å². The number of thiophene rings is 1. The monoisotopic (exact) mass is 392 g/mol. The number of esters is 2. The second kappa shape index (κ2) is 9.00. The molecule has 0 saturated carbocycles. The Morgan fingerprint density at radius 3 is 2.67 bits per heavy atom. The number of nitrogens with zero attached hydrogens (tertiary/aromatic N) is 1. The molecule has 2 N–H and O–H groups in total. The molecule has 1 heterocycles. The first-order valence-electron chi connectivity index (χ1n) is 7.87. The quantitative estimate of drug-likeness (QED) is 0.721. The predicted octanol–water partition coefficient (Wildman–Crippen LogP) is 2.81. The van der Waals surface area contributed by atoms with E-state index in [1.165, 1.54) is 25.3 Å². The molecule has 9 heteroatoms. The van der Waals surface area contributed by atoms with Crippen LogP contribution in [0.4, 0.5) is 9.39 Å². The summed E-state index contributed by atoms with van der Waals surface area (Å²) in [6, 6.07) is 6.02. The van der Waals surface area contributed by atoms with Crippen LogP contribution in [-0.2, 0) is 27.3 Å². The van der Waals surface area contributed by atoms with Crippen molar-refractivity contribution in [1.29, 1.82) is 5.26 Å². The lowest BCUT2D eigenvalue weighted by molar-refractivity contribution is -0.144. The Labute approximate surface area is 159 Å². The number of rotatable bonds is 7. The number of anilines is 1. The Kier molecular flexibility index (Phi) is 6.73. The highest BCUT2D eigenvalue weighted by atomic mass is 32.1. The number of ether oxygens (including phenoxy) is 3. The fourth-order valence-electron chi connectivity index (χ4n) is 2.30. The molecule has 0 atom stereocenters. The zero-order valence-electron chi connectivity index (χ0n) is 14.7. The molecule has 0 radical (unpaired) electrons. The molecule has 27 heavy (non-hydrogen) atoms. The van der Waals surface area contributed by atoms with Gasteiger partial charge in [0, 0.05) is 5.56 Å². The summed E-state index contributed by atoms with van der Waals surface area (Å²) in [5.41, 5.74) is 6.43. The fraction of sp³-hybridized carbons (Fsp3) is 0.278. The van der Waals surface area contributed by atoms with Crippen LogP contribution in [0.15, 0.2) is 18.2 Å². The Balaban J connectivity index is 2.11. The highest BCUT2D eigenvalue weighted by molar-refractivity contribution is 7.18. The van der Waals surface area contributed by atoms with Gasteiger partial charge in [0.1, 0.15) is 22.6 Å². The van der Waals surface area contributed by atoms with Crippen molar-refractivity contribution in [3.63, 3.8) is 0 Å². The number of benzene rings is 1. The van der Waals surface area contributed by atoms with Gasteiger partial charge < -0.3 is 19.9 Å². The molecule has 0 aliphatic rings. The van der Waals surface area contributed by atoms with Gasteiger partial charge in [-0.3, -0.25) is 4.79 Å². The van der Waals surface area contributed by atoms with E-state index in [4.69, 9.17) is 19.9 Å². The van der Waals surface area contributed by atoms with Gasteiger partial charge in [0.25, 0.3) is 0 Å². The lowest BCUT2D eigenvalue weighted by Gasteiger charge is -2.08. The van der Waals surface area contributed by atoms with E-state index < -0.39 is 17.8 Å². The largest absolute Gasteiger partial charge is 0.494 e. The molecule has 0 spiro atoms. The van der Waals surface area contributed by atoms with Gasteiger partial charge in [-0.1, -0.05) is 6.07 Å². The molecule has 0 saturated heterocycles. The minimum Gasteiger partial charge on any atom is -0.494 e. The third-order valence-corrected chi connectivity index (χ3v) is 4.59. The molecular formula is C18H17FN2O5S. The smallest absolute Gasteiger partial charge is 0.348 e. The summed E-state index contributed by atoms with van der Waals surface area (Å²) in [6.45, 7) is 1.48. The number of halogens is 1. The Morgan fingerprint density at radius 2 is 2.07 bits per heavy atom. The van der Waals surface area contributed by atoms with Crippen LogP contribution in [0.5, 0.6) is 5.75 Å². The number of methoxy groups -OCH3 is 1. The van der Waals surface area contributed by atoms with Crippen molar-refractivity contribution in [3.8, 4) is 11.8 Å². The number of hydrogen-bond donors (Lipinski definition) is 1. The number of nitrogens with two attached hydrogens (primary N) is 1. The van der Waals surface area contributed by atoms with Crippen molar-refractivity contribution in [2.75, 3.05) is 19.5 Å². The van der Waals surface area contributed by atoms with Crippen molar-refractivity contribution >= 4 is 28.3 Å².